The van der Waals surface area contributed by atoms with E-state index in [0.29, 0.717) is 43.9 Å². The highest BCUT2D eigenvalue weighted by molar-refractivity contribution is 7.11. The van der Waals surface area contributed by atoms with Crippen molar-refractivity contribution in [2.45, 2.75) is 40.3 Å². The molecule has 3 amide bonds. The first-order valence-corrected chi connectivity index (χ1v) is 12.9. The summed E-state index contributed by atoms with van der Waals surface area (Å²) < 4.78 is 5.00. The second-order valence-corrected chi connectivity index (χ2v) is 9.77. The summed E-state index contributed by atoms with van der Waals surface area (Å²) in [6.07, 6.45) is 0.714. The molecule has 0 aliphatic carbocycles. The minimum absolute atomic E-state index is 0.0300. The highest BCUT2D eigenvalue weighted by Gasteiger charge is 2.22. The number of hydrogen-bond acceptors (Lipinski definition) is 5. The van der Waals surface area contributed by atoms with Crippen LogP contribution in [-0.4, -0.2) is 47.4 Å². The Morgan fingerprint density at radius 3 is 2.22 bits per heavy atom. The van der Waals surface area contributed by atoms with Crippen LogP contribution >= 0.6 is 11.3 Å². The molecule has 3 aromatic rings. The molecule has 1 N–H and O–H groups in total. The summed E-state index contributed by atoms with van der Waals surface area (Å²) in [4.78, 5) is 44.0. The summed E-state index contributed by atoms with van der Waals surface area (Å²) in [5.74, 6) is -0.529. The predicted octanol–water partition coefficient (Wildman–Crippen LogP) is 5.71. The van der Waals surface area contributed by atoms with Gasteiger partial charge in [0.25, 0.3) is 0 Å². The van der Waals surface area contributed by atoms with Crippen molar-refractivity contribution in [3.8, 4) is 0 Å². The van der Waals surface area contributed by atoms with Gasteiger partial charge in [-0.1, -0.05) is 37.3 Å². The normalized spacial score (nSPS) is 10.5. The number of nitrogens with one attached hydrogen (secondary N) is 1. The maximum atomic E-state index is 13.4. The lowest BCUT2D eigenvalue weighted by Gasteiger charge is -2.27. The zero-order valence-corrected chi connectivity index (χ0v) is 21.8. The molecule has 0 atom stereocenters. The average Bonchev–Trinajstić information content (AvgIpc) is 3.29. The van der Waals surface area contributed by atoms with Gasteiger partial charge in [0, 0.05) is 28.5 Å². The largest absolute Gasteiger partial charge is 0.462 e. The van der Waals surface area contributed by atoms with Crippen molar-refractivity contribution in [2.75, 3.05) is 25.0 Å². The molecule has 0 spiro atoms. The van der Waals surface area contributed by atoms with Crippen molar-refractivity contribution in [2.24, 2.45) is 0 Å². The Morgan fingerprint density at radius 2 is 1.61 bits per heavy atom. The number of rotatable bonds is 11. The lowest BCUT2D eigenvalue weighted by atomic mass is 10.2. The Hall–Kier alpha value is -3.65. The number of carbonyl (C=O) groups is 3. The van der Waals surface area contributed by atoms with E-state index in [9.17, 15) is 14.4 Å². The smallest absolute Gasteiger partial charge is 0.338 e. The highest BCUT2D eigenvalue weighted by Crippen LogP contribution is 2.19. The molecule has 36 heavy (non-hydrogen) atoms. The second-order valence-electron chi connectivity index (χ2n) is 8.40. The van der Waals surface area contributed by atoms with Crippen LogP contribution in [0.15, 0.2) is 66.7 Å². The fourth-order valence-corrected chi connectivity index (χ4v) is 4.59. The minimum atomic E-state index is -0.409. The van der Waals surface area contributed by atoms with E-state index in [1.165, 1.54) is 9.78 Å². The maximum absolute atomic E-state index is 13.4. The molecule has 0 fully saturated rings. The lowest BCUT2D eigenvalue weighted by molar-refractivity contribution is -0.133. The molecule has 7 nitrogen and oxygen atoms in total. The van der Waals surface area contributed by atoms with Crippen LogP contribution < -0.4 is 5.32 Å². The molecule has 1 heterocycles. The molecule has 0 unspecified atom stereocenters. The van der Waals surface area contributed by atoms with Gasteiger partial charge in [-0.05, 0) is 62.2 Å². The molecule has 0 saturated carbocycles. The van der Waals surface area contributed by atoms with E-state index in [0.717, 1.165) is 10.4 Å². The van der Waals surface area contributed by atoms with E-state index in [2.05, 4.69) is 11.4 Å². The summed E-state index contributed by atoms with van der Waals surface area (Å²) in [6.45, 7) is 7.42. The quantitative estimate of drug-likeness (QED) is 0.337. The van der Waals surface area contributed by atoms with Gasteiger partial charge >= 0.3 is 12.0 Å². The van der Waals surface area contributed by atoms with Crippen LogP contribution in [0.25, 0.3) is 0 Å². The number of benzene rings is 2. The molecule has 0 bridgehead atoms. The van der Waals surface area contributed by atoms with E-state index in [1.54, 1.807) is 47.4 Å². The van der Waals surface area contributed by atoms with Gasteiger partial charge < -0.3 is 19.9 Å². The third-order valence-electron chi connectivity index (χ3n) is 5.47. The Morgan fingerprint density at radius 1 is 0.889 bits per heavy atom. The number of ether oxygens (including phenoxy) is 1. The van der Waals surface area contributed by atoms with Crippen LogP contribution in [0, 0.1) is 6.92 Å². The Kier molecular flexibility index (Phi) is 10.1. The SMILES string of the molecule is CCCN(CC(=O)N(Cc1ccccc1)Cc1ccc(C)s1)C(=O)Nc1ccc(C(=O)OCC)cc1. The molecule has 8 heteroatoms. The number of thiophene rings is 1. The van der Waals surface area contributed by atoms with Crippen LogP contribution in [0.2, 0.25) is 0 Å². The monoisotopic (exact) mass is 507 g/mol. The van der Waals surface area contributed by atoms with Crippen molar-refractivity contribution in [1.29, 1.82) is 0 Å². The van der Waals surface area contributed by atoms with Gasteiger partial charge in [0.05, 0.1) is 18.7 Å². The number of urea groups is 1. The molecule has 190 valence electrons. The van der Waals surface area contributed by atoms with Crippen molar-refractivity contribution in [3.05, 3.63) is 87.6 Å². The third-order valence-corrected chi connectivity index (χ3v) is 6.45. The van der Waals surface area contributed by atoms with Crippen molar-refractivity contribution < 1.29 is 19.1 Å². The molecule has 2 aromatic carbocycles. The first-order valence-electron chi connectivity index (χ1n) is 12.1. The van der Waals surface area contributed by atoms with Crippen LogP contribution in [0.3, 0.4) is 0 Å². The molecule has 0 aliphatic rings. The van der Waals surface area contributed by atoms with E-state index >= 15 is 0 Å². The molecule has 1 aromatic heterocycles. The van der Waals surface area contributed by atoms with Gasteiger partial charge in [0.2, 0.25) is 5.91 Å². The topological polar surface area (TPSA) is 79.0 Å². The number of amides is 3. The molecule has 0 aliphatic heterocycles. The first-order chi connectivity index (χ1) is 17.4. The zero-order chi connectivity index (χ0) is 25.9. The third kappa shape index (κ3) is 7.95. The van der Waals surface area contributed by atoms with Gasteiger partial charge in [-0.2, -0.15) is 0 Å². The average molecular weight is 508 g/mol. The van der Waals surface area contributed by atoms with E-state index in [4.69, 9.17) is 4.74 Å². The van der Waals surface area contributed by atoms with Crippen LogP contribution in [0.1, 0.15) is 45.9 Å². The van der Waals surface area contributed by atoms with Gasteiger partial charge in [-0.15, -0.1) is 11.3 Å². The van der Waals surface area contributed by atoms with Crippen LogP contribution in [-0.2, 0) is 22.6 Å². The fourth-order valence-electron chi connectivity index (χ4n) is 3.69. The summed E-state index contributed by atoms with van der Waals surface area (Å²) in [5.41, 5.74) is 1.99. The van der Waals surface area contributed by atoms with Crippen LogP contribution in [0.5, 0.6) is 0 Å². The van der Waals surface area contributed by atoms with Gasteiger partial charge in [-0.25, -0.2) is 9.59 Å². The second kappa shape index (κ2) is 13.4. The Bertz CT molecular complexity index is 1150. The highest BCUT2D eigenvalue weighted by atomic mass is 32.1. The van der Waals surface area contributed by atoms with Gasteiger partial charge in [0.15, 0.2) is 0 Å². The zero-order valence-electron chi connectivity index (χ0n) is 21.0. The Balaban J connectivity index is 1.70. The molecule has 3 rings (SSSR count). The van der Waals surface area contributed by atoms with E-state index < -0.39 is 5.97 Å². The van der Waals surface area contributed by atoms with E-state index in [-0.39, 0.29) is 18.5 Å². The molecule has 0 saturated heterocycles. The van der Waals surface area contributed by atoms with Crippen molar-refractivity contribution in [1.82, 2.24) is 9.80 Å². The summed E-state index contributed by atoms with van der Waals surface area (Å²) in [5, 5.41) is 2.84. The molecule has 0 radical (unpaired) electrons. The predicted molar refractivity (Wildman–Crippen MR) is 143 cm³/mol. The van der Waals surface area contributed by atoms with Crippen molar-refractivity contribution in [3.63, 3.8) is 0 Å². The number of carbonyl (C=O) groups excluding carboxylic acids is 3. The Labute approximate surface area is 216 Å². The van der Waals surface area contributed by atoms with Crippen molar-refractivity contribution >= 4 is 34.9 Å². The summed E-state index contributed by atoms with van der Waals surface area (Å²) >= 11 is 1.67. The number of nitrogens with zero attached hydrogens (tertiary/aromatic N) is 2. The molecular weight excluding hydrogens is 474 g/mol. The maximum Gasteiger partial charge on any atom is 0.338 e. The molecular formula is C28H33N3O4S. The first kappa shape index (κ1) is 26.9. The number of aryl methyl sites for hydroxylation is 1. The van der Waals surface area contributed by atoms with Crippen LogP contribution in [0.4, 0.5) is 10.5 Å². The lowest BCUT2D eigenvalue weighted by Crippen LogP contribution is -2.44. The number of esters is 1. The number of anilines is 1. The summed E-state index contributed by atoms with van der Waals surface area (Å²) in [6, 6.07) is 20.1. The summed E-state index contributed by atoms with van der Waals surface area (Å²) in [7, 11) is 0. The standard InChI is InChI=1S/C28H33N3O4S/c1-4-17-30(28(34)29-24-14-12-23(13-15-24)27(33)35-5-2)20-26(32)31(18-22-9-7-6-8-10-22)19-25-16-11-21(3)36-25/h6-16H,4-5,17-20H2,1-3H3,(H,29,34). The van der Waals surface area contributed by atoms with Gasteiger partial charge in [-0.3, -0.25) is 4.79 Å². The minimum Gasteiger partial charge on any atom is -0.462 e. The van der Waals surface area contributed by atoms with E-state index in [1.807, 2.05) is 50.2 Å². The van der Waals surface area contributed by atoms with Gasteiger partial charge in [0.1, 0.15) is 6.54 Å². The fraction of sp³-hybridized carbons (Fsp3) is 0.321. The number of hydrogen-bond donors (Lipinski definition) is 1.